The van der Waals surface area contributed by atoms with E-state index in [1.54, 1.807) is 37.1 Å². The van der Waals surface area contributed by atoms with Gasteiger partial charge < -0.3 is 69.9 Å². The third kappa shape index (κ3) is 43.9. The average molecular weight is 1490 g/mol. The second kappa shape index (κ2) is 57.8. The van der Waals surface area contributed by atoms with Crippen LogP contribution in [-0.2, 0) is 54.3 Å². The lowest BCUT2D eigenvalue weighted by atomic mass is 9.99. The van der Waals surface area contributed by atoms with Crippen LogP contribution in [0.25, 0.3) is 0 Å². The van der Waals surface area contributed by atoms with Crippen molar-refractivity contribution in [2.45, 2.75) is 272 Å². The highest BCUT2D eigenvalue weighted by molar-refractivity contribution is 8.00. The summed E-state index contributed by atoms with van der Waals surface area (Å²) in [6.45, 7) is 6.11. The van der Waals surface area contributed by atoms with Crippen molar-refractivity contribution in [3.63, 3.8) is 0 Å². The molecule has 0 bridgehead atoms. The minimum atomic E-state index is -0.875. The maximum Gasteiger partial charge on any atom is 0.305 e. The van der Waals surface area contributed by atoms with Gasteiger partial charge in [-0.05, 0) is 139 Å². The van der Waals surface area contributed by atoms with Crippen LogP contribution in [0.15, 0.2) is 114 Å². The summed E-state index contributed by atoms with van der Waals surface area (Å²) >= 11 is 3.01. The minimum Gasteiger partial charge on any atom is -0.481 e. The largest absolute Gasteiger partial charge is 0.481 e. The number of nitrogens with zero attached hydrogens (tertiary/aromatic N) is 4. The number of carboxylic acids is 4. The SMILES string of the molecule is CCCCCC(O)C=C[C@H]1CCCC(=O)N1CCCSCCC(=O)O.COCCCC(O)C=C[C@H]1CCCC(=O)N1CCCCCCC(=O)O.O=C(O)CCCCCCN1C(=O)CCC[C@@H]1C=CC(O)Sc1ccccc1.O=C(O)CCOCCCN1C(=O)CCC[C@@H]1C=CC(O)Cc1ccccc1. The number of hydrogen-bond acceptors (Lipinski definition) is 16. The fourth-order valence-corrected chi connectivity index (χ4v) is 14.2. The van der Waals surface area contributed by atoms with Gasteiger partial charge in [-0.25, -0.2) is 0 Å². The van der Waals surface area contributed by atoms with Gasteiger partial charge in [-0.1, -0.05) is 155 Å². The Morgan fingerprint density at radius 3 is 1.32 bits per heavy atom. The number of thioether (sulfide) groups is 2. The lowest BCUT2D eigenvalue weighted by molar-refractivity contribution is -0.139. The molecule has 24 heteroatoms. The van der Waals surface area contributed by atoms with Crippen molar-refractivity contribution >= 4 is 71.0 Å². The summed E-state index contributed by atoms with van der Waals surface area (Å²) in [6, 6.07) is 19.8. The van der Waals surface area contributed by atoms with Crippen molar-refractivity contribution in [2.24, 2.45) is 0 Å². The van der Waals surface area contributed by atoms with Crippen LogP contribution in [-0.4, -0.2) is 220 Å². The highest BCUT2D eigenvalue weighted by atomic mass is 32.2. The Labute approximate surface area is 627 Å². The van der Waals surface area contributed by atoms with Crippen molar-refractivity contribution in [1.29, 1.82) is 0 Å². The van der Waals surface area contributed by atoms with Crippen molar-refractivity contribution in [1.82, 2.24) is 19.6 Å². The molecule has 0 radical (unpaired) electrons. The van der Waals surface area contributed by atoms with Crippen LogP contribution in [0.2, 0.25) is 0 Å². The molecule has 104 heavy (non-hydrogen) atoms. The van der Waals surface area contributed by atoms with E-state index in [0.717, 1.165) is 145 Å². The highest BCUT2D eigenvalue weighted by Crippen LogP contribution is 2.27. The molecule has 584 valence electrons. The third-order valence-corrected chi connectivity index (χ3v) is 20.2. The minimum absolute atomic E-state index is 0.00399. The number of aliphatic hydroxyl groups excluding tert-OH is 4. The van der Waals surface area contributed by atoms with Crippen LogP contribution in [0.1, 0.15) is 218 Å². The predicted octanol–water partition coefficient (Wildman–Crippen LogP) is 12.7. The molecule has 4 fully saturated rings. The number of ether oxygens (including phenoxy) is 2. The van der Waals surface area contributed by atoms with E-state index < -0.39 is 47.6 Å². The van der Waals surface area contributed by atoms with E-state index in [1.807, 2.05) is 111 Å². The number of benzene rings is 2. The number of carbonyl (C=O) groups is 8. The average Bonchev–Trinajstić information content (AvgIpc) is 0.877. The van der Waals surface area contributed by atoms with E-state index in [1.165, 1.54) is 11.8 Å². The Bertz CT molecular complexity index is 2640. The molecular formula is C80H124N4O18S2. The molecule has 8 N–H and O–H groups in total. The van der Waals surface area contributed by atoms with E-state index in [2.05, 4.69) is 6.92 Å². The third-order valence-electron chi connectivity index (χ3n) is 18.2. The number of unbranched alkanes of at least 4 members (excludes halogenated alkanes) is 8. The molecular weight excluding hydrogens is 1370 g/mol. The van der Waals surface area contributed by atoms with Gasteiger partial charge in [0.15, 0.2) is 0 Å². The van der Waals surface area contributed by atoms with Gasteiger partial charge in [0.2, 0.25) is 23.6 Å². The number of carboxylic acid groups (broad SMARTS) is 4. The molecule has 4 unspecified atom stereocenters. The summed E-state index contributed by atoms with van der Waals surface area (Å²) in [7, 11) is 1.65. The smallest absolute Gasteiger partial charge is 0.305 e. The van der Waals surface area contributed by atoms with E-state index in [0.29, 0.717) is 103 Å². The first-order chi connectivity index (χ1) is 50.2. The molecule has 4 aliphatic rings. The molecule has 4 heterocycles. The Morgan fingerprint density at radius 2 is 0.865 bits per heavy atom. The number of carbonyl (C=O) groups excluding carboxylic acids is 4. The normalized spacial score (nSPS) is 19.1. The Morgan fingerprint density at radius 1 is 0.452 bits per heavy atom. The lowest BCUT2D eigenvalue weighted by Crippen LogP contribution is -2.43. The zero-order chi connectivity index (χ0) is 76.0. The molecule has 4 amide bonds. The molecule has 0 aromatic heterocycles. The van der Waals surface area contributed by atoms with Crippen LogP contribution in [0.5, 0.6) is 0 Å². The lowest BCUT2D eigenvalue weighted by Gasteiger charge is -2.34. The van der Waals surface area contributed by atoms with E-state index in [-0.39, 0.29) is 80.1 Å². The molecule has 0 saturated carbocycles. The monoisotopic (exact) mass is 1490 g/mol. The summed E-state index contributed by atoms with van der Waals surface area (Å²) in [6.07, 6.45) is 38.3. The quantitative estimate of drug-likeness (QED) is 0.0132. The van der Waals surface area contributed by atoms with Gasteiger partial charge in [0.1, 0.15) is 5.44 Å². The molecule has 4 aliphatic heterocycles. The highest BCUT2D eigenvalue weighted by Gasteiger charge is 2.30. The molecule has 2 aromatic rings. The zero-order valence-electron chi connectivity index (χ0n) is 62.0. The van der Waals surface area contributed by atoms with Gasteiger partial charge in [0, 0.05) is 102 Å². The number of methoxy groups -OCH3 is 1. The molecule has 22 nitrogen and oxygen atoms in total. The fourth-order valence-electron chi connectivity index (χ4n) is 12.6. The summed E-state index contributed by atoms with van der Waals surface area (Å²) in [5.41, 5.74) is 0.437. The van der Waals surface area contributed by atoms with Gasteiger partial charge in [-0.3, -0.25) is 38.4 Å². The van der Waals surface area contributed by atoms with Crippen molar-refractivity contribution in [3.05, 3.63) is 115 Å². The number of likely N-dealkylation sites (tertiary alicyclic amines) is 4. The van der Waals surface area contributed by atoms with Crippen LogP contribution in [0.3, 0.4) is 0 Å². The van der Waals surface area contributed by atoms with Crippen LogP contribution in [0.4, 0.5) is 0 Å². The van der Waals surface area contributed by atoms with E-state index in [4.69, 9.17) is 29.9 Å². The molecule has 0 spiro atoms. The van der Waals surface area contributed by atoms with Gasteiger partial charge in [-0.2, -0.15) is 11.8 Å². The fraction of sp³-hybridized carbons (Fsp3) is 0.650. The summed E-state index contributed by atoms with van der Waals surface area (Å²) in [4.78, 5) is 99.5. The first-order valence-corrected chi connectivity index (χ1v) is 40.1. The standard InChI is InChI=1S/C21H29NO5.C21H29NO4S.C19H33NO5.C19H33NO4S/c23-19(16-17-6-2-1-3-7-17)11-10-18-8-4-9-20(24)22(18)13-5-14-27-15-12-21(25)26;23-19-12-8-9-17(22(19)16-7-2-1-6-13-20(24)25)14-15-21(26)27-18-10-4-3-5-11-18;1-25-15-7-9-17(21)13-12-16-8-6-10-18(22)20(16)14-5-3-2-4-11-19(23)24;1-2-3-4-8-17(21)11-10-16-7-5-9-18(22)20(16)13-6-14-25-15-12-19(23)24/h1-3,6-7,10-11,18-19,23H,4-5,8-9,12-16H2,(H,25,26);3-5,10-11,14-15,17,21,26H,1-2,6-9,12-13,16H2,(H,24,25);12-13,16-17,21H,2-11,14-15H2,1H3,(H,23,24);10-11,16-17,21H,2-9,12-15H2,1H3,(H,23,24)/t18-,19?;17-,21?;2*16-,17?/m1111/s1. The molecule has 2 aromatic carbocycles. The number of aliphatic hydroxyl groups is 4. The maximum absolute atomic E-state index is 12.3. The summed E-state index contributed by atoms with van der Waals surface area (Å²) in [5.74, 6) is -0.979. The Balaban J connectivity index is 0.000000360. The molecule has 6 rings (SSSR count). The predicted molar refractivity (Wildman–Crippen MR) is 409 cm³/mol. The van der Waals surface area contributed by atoms with Crippen LogP contribution in [0, 0.1) is 0 Å². The number of piperidine rings is 4. The van der Waals surface area contributed by atoms with Crippen LogP contribution < -0.4 is 0 Å². The topological polar surface area (TPSA) is 330 Å². The first kappa shape index (κ1) is 91.8. The summed E-state index contributed by atoms with van der Waals surface area (Å²) in [5, 5.41) is 75.0. The van der Waals surface area contributed by atoms with Gasteiger partial charge in [-0.15, -0.1) is 0 Å². The van der Waals surface area contributed by atoms with Crippen molar-refractivity contribution < 1.29 is 88.7 Å². The number of aliphatic carboxylic acids is 4. The molecule has 8 atom stereocenters. The molecule has 4 saturated heterocycles. The zero-order valence-corrected chi connectivity index (χ0v) is 63.6. The van der Waals surface area contributed by atoms with E-state index >= 15 is 0 Å². The molecule has 0 aliphatic carbocycles. The Kier molecular flexibility index (Phi) is 51.0. The second-order valence-electron chi connectivity index (χ2n) is 26.9. The summed E-state index contributed by atoms with van der Waals surface area (Å²) < 4.78 is 10.3. The Hall–Kier alpha value is -6.38. The van der Waals surface area contributed by atoms with Gasteiger partial charge >= 0.3 is 23.9 Å². The number of hydrogen-bond donors (Lipinski definition) is 8. The van der Waals surface area contributed by atoms with Gasteiger partial charge in [0.25, 0.3) is 0 Å². The maximum atomic E-state index is 12.3. The van der Waals surface area contributed by atoms with E-state index in [9.17, 15) is 58.8 Å². The van der Waals surface area contributed by atoms with Gasteiger partial charge in [0.05, 0.1) is 61.9 Å². The number of rotatable bonds is 48. The van der Waals surface area contributed by atoms with Crippen molar-refractivity contribution in [3.8, 4) is 0 Å². The number of amides is 4. The second-order valence-corrected chi connectivity index (χ2v) is 29.3. The van der Waals surface area contributed by atoms with Crippen LogP contribution >= 0.6 is 23.5 Å². The first-order valence-electron chi connectivity index (χ1n) is 38.1. The van der Waals surface area contributed by atoms with Crippen molar-refractivity contribution in [2.75, 3.05) is 64.6 Å².